The number of aromatic nitrogens is 2. The third-order valence-corrected chi connectivity index (χ3v) is 5.17. The molecule has 0 saturated carbocycles. The number of nitrogens with zero attached hydrogens (tertiary/aromatic N) is 3. The van der Waals surface area contributed by atoms with Crippen LogP contribution in [0.15, 0.2) is 48.5 Å². The van der Waals surface area contributed by atoms with Crippen molar-refractivity contribution < 1.29 is 18.7 Å². The summed E-state index contributed by atoms with van der Waals surface area (Å²) in [7, 11) is 1.59. The third-order valence-electron chi connectivity index (χ3n) is 5.17. The number of halogens is 1. The molecule has 0 aliphatic rings. The average Bonchev–Trinajstić information content (AvgIpc) is 3.08. The predicted octanol–water partition coefficient (Wildman–Crippen LogP) is 4.92. The number of amides is 1. The van der Waals surface area contributed by atoms with Crippen LogP contribution in [-0.4, -0.2) is 40.8 Å². The van der Waals surface area contributed by atoms with Crippen LogP contribution in [0.3, 0.4) is 0 Å². The molecule has 1 aromatic heterocycles. The fourth-order valence-corrected chi connectivity index (χ4v) is 3.43. The van der Waals surface area contributed by atoms with E-state index in [9.17, 15) is 9.18 Å². The van der Waals surface area contributed by atoms with E-state index in [0.29, 0.717) is 49.0 Å². The maximum atomic E-state index is 13.5. The van der Waals surface area contributed by atoms with Crippen LogP contribution in [0, 0.1) is 12.7 Å². The second-order valence-electron chi connectivity index (χ2n) is 7.10. The van der Waals surface area contributed by atoms with Crippen LogP contribution >= 0.6 is 0 Å². The summed E-state index contributed by atoms with van der Waals surface area (Å²) >= 11 is 0. The summed E-state index contributed by atoms with van der Waals surface area (Å²) in [6.45, 7) is 7.18. The molecule has 0 bridgehead atoms. The molecule has 6 nitrogen and oxygen atoms in total. The van der Waals surface area contributed by atoms with Gasteiger partial charge in [0.2, 0.25) is 11.8 Å². The number of hydrogen-bond donors (Lipinski definition) is 0. The summed E-state index contributed by atoms with van der Waals surface area (Å²) in [5, 5.41) is 4.63. The van der Waals surface area contributed by atoms with Crippen LogP contribution in [0.1, 0.15) is 31.5 Å². The van der Waals surface area contributed by atoms with Gasteiger partial charge in [-0.3, -0.25) is 4.79 Å². The molecule has 7 heteroatoms. The fourth-order valence-electron chi connectivity index (χ4n) is 3.43. The van der Waals surface area contributed by atoms with Gasteiger partial charge >= 0.3 is 0 Å². The highest BCUT2D eigenvalue weighted by atomic mass is 19.1. The zero-order valence-corrected chi connectivity index (χ0v) is 18.4. The van der Waals surface area contributed by atoms with Crippen molar-refractivity contribution in [2.45, 2.75) is 33.6 Å². The first kappa shape index (κ1) is 22.3. The third kappa shape index (κ3) is 5.23. The van der Waals surface area contributed by atoms with Gasteiger partial charge in [0.05, 0.1) is 18.5 Å². The first-order chi connectivity index (χ1) is 15.0. The molecule has 31 heavy (non-hydrogen) atoms. The number of rotatable bonds is 9. The van der Waals surface area contributed by atoms with Gasteiger partial charge in [-0.15, -0.1) is 0 Å². The monoisotopic (exact) mass is 425 g/mol. The molecule has 1 heterocycles. The number of methoxy groups -OCH3 is 1. The van der Waals surface area contributed by atoms with E-state index >= 15 is 0 Å². The largest absolute Gasteiger partial charge is 0.497 e. The SMILES string of the molecule is CCN(CC)C(=O)CCc1c(C)nn(-c2ccc(F)cc2)c1Oc1cccc(OC)c1. The van der Waals surface area contributed by atoms with Gasteiger partial charge in [0.25, 0.3) is 0 Å². The second-order valence-corrected chi connectivity index (χ2v) is 7.10. The quantitative estimate of drug-likeness (QED) is 0.488. The lowest BCUT2D eigenvalue weighted by atomic mass is 10.1. The Morgan fingerprint density at radius 3 is 2.42 bits per heavy atom. The summed E-state index contributed by atoms with van der Waals surface area (Å²) in [4.78, 5) is 14.4. The van der Waals surface area contributed by atoms with Gasteiger partial charge < -0.3 is 14.4 Å². The zero-order valence-electron chi connectivity index (χ0n) is 18.4. The van der Waals surface area contributed by atoms with E-state index in [0.717, 1.165) is 11.3 Å². The number of aryl methyl sites for hydroxylation is 1. The summed E-state index contributed by atoms with van der Waals surface area (Å²) in [6, 6.07) is 13.3. The van der Waals surface area contributed by atoms with E-state index in [1.165, 1.54) is 12.1 Å². The molecule has 0 saturated heterocycles. The second kappa shape index (κ2) is 10.1. The molecule has 0 unspecified atom stereocenters. The standard InChI is InChI=1S/C24H28FN3O3/c1-5-27(6-2)23(29)15-14-22-17(3)26-28(19-12-10-18(25)11-13-19)24(22)31-21-9-7-8-20(16-21)30-4/h7-13,16H,5-6,14-15H2,1-4H3. The molecule has 2 aromatic carbocycles. The normalized spacial score (nSPS) is 10.7. The lowest BCUT2D eigenvalue weighted by Gasteiger charge is -2.18. The van der Waals surface area contributed by atoms with Gasteiger partial charge in [0, 0.05) is 31.1 Å². The molecule has 3 aromatic rings. The fraction of sp³-hybridized carbons (Fsp3) is 0.333. The Kier molecular flexibility index (Phi) is 7.28. The highest BCUT2D eigenvalue weighted by Crippen LogP contribution is 2.33. The average molecular weight is 426 g/mol. The summed E-state index contributed by atoms with van der Waals surface area (Å²) in [5.74, 6) is 1.52. The Morgan fingerprint density at radius 2 is 1.77 bits per heavy atom. The van der Waals surface area contributed by atoms with Gasteiger partial charge in [-0.25, -0.2) is 9.07 Å². The summed E-state index contributed by atoms with van der Waals surface area (Å²) in [5.41, 5.74) is 2.27. The summed E-state index contributed by atoms with van der Waals surface area (Å²) in [6.07, 6.45) is 0.841. The van der Waals surface area contributed by atoms with E-state index in [4.69, 9.17) is 9.47 Å². The molecule has 0 N–H and O–H groups in total. The Bertz CT molecular complexity index is 1030. The minimum atomic E-state index is -0.326. The van der Waals surface area contributed by atoms with Crippen molar-refractivity contribution in [1.29, 1.82) is 0 Å². The van der Waals surface area contributed by atoms with Crippen molar-refractivity contribution in [3.05, 3.63) is 65.6 Å². The van der Waals surface area contributed by atoms with Crippen LogP contribution < -0.4 is 9.47 Å². The van der Waals surface area contributed by atoms with Crippen LogP contribution in [0.4, 0.5) is 4.39 Å². The van der Waals surface area contributed by atoms with E-state index in [1.54, 1.807) is 30.0 Å². The molecular formula is C24H28FN3O3. The smallest absolute Gasteiger partial charge is 0.226 e. The molecule has 0 aliphatic carbocycles. The maximum Gasteiger partial charge on any atom is 0.226 e. The molecule has 1 amide bonds. The highest BCUT2D eigenvalue weighted by molar-refractivity contribution is 5.76. The minimum Gasteiger partial charge on any atom is -0.497 e. The van der Waals surface area contributed by atoms with Crippen LogP contribution in [-0.2, 0) is 11.2 Å². The van der Waals surface area contributed by atoms with Crippen molar-refractivity contribution in [3.63, 3.8) is 0 Å². The molecule has 164 valence electrons. The van der Waals surface area contributed by atoms with Crippen LogP contribution in [0.25, 0.3) is 5.69 Å². The summed E-state index contributed by atoms with van der Waals surface area (Å²) < 4.78 is 26.6. The van der Waals surface area contributed by atoms with Gasteiger partial charge in [-0.2, -0.15) is 5.10 Å². The van der Waals surface area contributed by atoms with Gasteiger partial charge in [-0.1, -0.05) is 6.07 Å². The topological polar surface area (TPSA) is 56.6 Å². The Balaban J connectivity index is 1.98. The van der Waals surface area contributed by atoms with Gasteiger partial charge in [0.15, 0.2) is 0 Å². The Hall–Kier alpha value is -3.35. The van der Waals surface area contributed by atoms with E-state index in [2.05, 4.69) is 5.10 Å². The molecule has 0 radical (unpaired) electrons. The number of hydrogen-bond acceptors (Lipinski definition) is 4. The van der Waals surface area contributed by atoms with Gasteiger partial charge in [0.1, 0.15) is 17.3 Å². The minimum absolute atomic E-state index is 0.0891. The van der Waals surface area contributed by atoms with E-state index in [-0.39, 0.29) is 11.7 Å². The van der Waals surface area contributed by atoms with Crippen molar-refractivity contribution in [1.82, 2.24) is 14.7 Å². The van der Waals surface area contributed by atoms with Crippen LogP contribution in [0.2, 0.25) is 0 Å². The first-order valence-electron chi connectivity index (χ1n) is 10.4. The highest BCUT2D eigenvalue weighted by Gasteiger charge is 2.21. The number of carbonyl (C=O) groups excluding carboxylic acids is 1. The maximum absolute atomic E-state index is 13.5. The zero-order chi connectivity index (χ0) is 22.4. The number of benzene rings is 2. The molecule has 0 aliphatic heterocycles. The molecular weight excluding hydrogens is 397 g/mol. The first-order valence-corrected chi connectivity index (χ1v) is 10.4. The van der Waals surface area contributed by atoms with E-state index < -0.39 is 0 Å². The van der Waals surface area contributed by atoms with Crippen molar-refractivity contribution in [2.75, 3.05) is 20.2 Å². The predicted molar refractivity (Wildman–Crippen MR) is 118 cm³/mol. The lowest BCUT2D eigenvalue weighted by molar-refractivity contribution is -0.130. The molecule has 0 atom stereocenters. The lowest BCUT2D eigenvalue weighted by Crippen LogP contribution is -2.30. The molecule has 0 spiro atoms. The van der Waals surface area contributed by atoms with Gasteiger partial charge in [-0.05, 0) is 63.6 Å². The van der Waals surface area contributed by atoms with Crippen molar-refractivity contribution in [3.8, 4) is 23.1 Å². The van der Waals surface area contributed by atoms with Crippen LogP contribution in [0.5, 0.6) is 17.4 Å². The van der Waals surface area contributed by atoms with E-state index in [1.807, 2.05) is 43.9 Å². The number of carbonyl (C=O) groups is 1. The molecule has 3 rings (SSSR count). The molecule has 0 fully saturated rings. The Labute approximate surface area is 182 Å². The number of ether oxygens (including phenoxy) is 2. The van der Waals surface area contributed by atoms with Crippen molar-refractivity contribution >= 4 is 5.91 Å². The Morgan fingerprint density at radius 1 is 1.10 bits per heavy atom. The van der Waals surface area contributed by atoms with Crippen molar-refractivity contribution in [2.24, 2.45) is 0 Å².